The Balaban J connectivity index is 1.95. The number of carboxylic acids is 1. The van der Waals surface area contributed by atoms with Crippen LogP contribution in [0.5, 0.6) is 0 Å². The lowest BCUT2D eigenvalue weighted by atomic mass is 9.87. The zero-order valence-electron chi connectivity index (χ0n) is 11.0. The quantitative estimate of drug-likeness (QED) is 0.858. The summed E-state index contributed by atoms with van der Waals surface area (Å²) in [6.07, 6.45) is 3.18. The molecular weight excluding hydrogens is 226 g/mol. The molecule has 0 spiro atoms. The molecule has 0 saturated carbocycles. The average Bonchev–Trinajstić information content (AvgIpc) is 2.37. The first kappa shape index (κ1) is 13.1. The fourth-order valence-corrected chi connectivity index (χ4v) is 2.57. The second-order valence-corrected chi connectivity index (χ2v) is 5.29. The second kappa shape index (κ2) is 5.53. The van der Waals surface area contributed by atoms with Crippen molar-refractivity contribution in [3.8, 4) is 0 Å². The van der Waals surface area contributed by atoms with E-state index in [1.807, 2.05) is 6.92 Å². The molecule has 3 nitrogen and oxygen atoms in total. The molecule has 0 radical (unpaired) electrons. The number of hydrogen-bond acceptors (Lipinski definition) is 2. The predicted octanol–water partition coefficient (Wildman–Crippen LogP) is 2.24. The third kappa shape index (κ3) is 2.91. The number of aryl methyl sites for hydroxylation is 1. The molecule has 18 heavy (non-hydrogen) atoms. The topological polar surface area (TPSA) is 49.3 Å². The van der Waals surface area contributed by atoms with Crippen LogP contribution in [0.3, 0.4) is 0 Å². The number of rotatable bonds is 4. The largest absolute Gasteiger partial charge is 0.481 e. The van der Waals surface area contributed by atoms with Gasteiger partial charge in [0.25, 0.3) is 0 Å². The van der Waals surface area contributed by atoms with Gasteiger partial charge in [-0.15, -0.1) is 0 Å². The first-order valence-electron chi connectivity index (χ1n) is 6.63. The molecule has 1 aliphatic rings. The van der Waals surface area contributed by atoms with E-state index in [4.69, 9.17) is 5.11 Å². The van der Waals surface area contributed by atoms with E-state index in [-0.39, 0.29) is 12.0 Å². The van der Waals surface area contributed by atoms with E-state index in [1.54, 1.807) is 6.92 Å². The van der Waals surface area contributed by atoms with Crippen LogP contribution in [0.15, 0.2) is 24.3 Å². The van der Waals surface area contributed by atoms with Gasteiger partial charge in [-0.25, -0.2) is 0 Å². The number of benzene rings is 1. The summed E-state index contributed by atoms with van der Waals surface area (Å²) in [5, 5.41) is 12.5. The summed E-state index contributed by atoms with van der Waals surface area (Å²) in [7, 11) is 0. The summed E-state index contributed by atoms with van der Waals surface area (Å²) >= 11 is 0. The normalized spacial score (nSPS) is 22.0. The molecule has 3 unspecified atom stereocenters. The van der Waals surface area contributed by atoms with E-state index in [0.717, 1.165) is 19.3 Å². The molecule has 1 aromatic rings. The summed E-state index contributed by atoms with van der Waals surface area (Å²) in [5.74, 6) is -1.08. The standard InChI is InChI=1S/C15H21NO2/c1-10(15(17)18)11(2)16-14-8-7-12-5-3-4-6-13(12)9-14/h3-6,10-11,14,16H,7-9H2,1-2H3,(H,17,18). The maximum absolute atomic E-state index is 10.9. The maximum atomic E-state index is 10.9. The van der Waals surface area contributed by atoms with Crippen LogP contribution in [0.2, 0.25) is 0 Å². The van der Waals surface area contributed by atoms with E-state index in [1.165, 1.54) is 11.1 Å². The van der Waals surface area contributed by atoms with Crippen molar-refractivity contribution in [1.29, 1.82) is 0 Å². The molecule has 3 heteroatoms. The molecular formula is C15H21NO2. The Morgan fingerprint density at radius 3 is 2.67 bits per heavy atom. The minimum absolute atomic E-state index is 0.0118. The van der Waals surface area contributed by atoms with E-state index in [2.05, 4.69) is 29.6 Å². The van der Waals surface area contributed by atoms with Gasteiger partial charge in [-0.05, 0) is 37.3 Å². The molecule has 0 heterocycles. The summed E-state index contributed by atoms with van der Waals surface area (Å²) < 4.78 is 0. The van der Waals surface area contributed by atoms with Crippen LogP contribution in [-0.4, -0.2) is 23.2 Å². The highest BCUT2D eigenvalue weighted by atomic mass is 16.4. The zero-order chi connectivity index (χ0) is 13.1. The van der Waals surface area contributed by atoms with Gasteiger partial charge in [0.05, 0.1) is 5.92 Å². The zero-order valence-corrected chi connectivity index (χ0v) is 11.0. The molecule has 98 valence electrons. The average molecular weight is 247 g/mol. The number of aliphatic carboxylic acids is 1. The Morgan fingerprint density at radius 2 is 2.00 bits per heavy atom. The summed E-state index contributed by atoms with van der Waals surface area (Å²) in [6, 6.07) is 8.93. The van der Waals surface area contributed by atoms with Crippen LogP contribution < -0.4 is 5.32 Å². The maximum Gasteiger partial charge on any atom is 0.307 e. The van der Waals surface area contributed by atoms with Gasteiger partial charge in [0.2, 0.25) is 0 Å². The summed E-state index contributed by atoms with van der Waals surface area (Å²) in [5.41, 5.74) is 2.84. The molecule has 1 aliphatic carbocycles. The second-order valence-electron chi connectivity index (χ2n) is 5.29. The molecule has 2 N–H and O–H groups in total. The van der Waals surface area contributed by atoms with Gasteiger partial charge in [0, 0.05) is 12.1 Å². The summed E-state index contributed by atoms with van der Waals surface area (Å²) in [4.78, 5) is 10.9. The highest BCUT2D eigenvalue weighted by molar-refractivity contribution is 5.70. The van der Waals surface area contributed by atoms with Gasteiger partial charge < -0.3 is 10.4 Å². The summed E-state index contributed by atoms with van der Waals surface area (Å²) in [6.45, 7) is 3.72. The lowest BCUT2D eigenvalue weighted by Crippen LogP contribution is -2.44. The Labute approximate surface area is 108 Å². The van der Waals surface area contributed by atoms with E-state index >= 15 is 0 Å². The molecule has 0 bridgehead atoms. The first-order chi connectivity index (χ1) is 8.58. The number of carboxylic acid groups (broad SMARTS) is 1. The monoisotopic (exact) mass is 247 g/mol. The smallest absolute Gasteiger partial charge is 0.307 e. The van der Waals surface area contributed by atoms with Gasteiger partial charge in [-0.1, -0.05) is 31.2 Å². The molecule has 0 fully saturated rings. The van der Waals surface area contributed by atoms with Crippen LogP contribution in [0.4, 0.5) is 0 Å². The van der Waals surface area contributed by atoms with Crippen LogP contribution >= 0.6 is 0 Å². The number of nitrogens with one attached hydrogen (secondary N) is 1. The molecule has 2 rings (SSSR count). The minimum atomic E-state index is -0.730. The first-order valence-corrected chi connectivity index (χ1v) is 6.63. The molecule has 1 aromatic carbocycles. The van der Waals surface area contributed by atoms with Gasteiger partial charge in [-0.2, -0.15) is 0 Å². The van der Waals surface area contributed by atoms with Gasteiger partial charge in [-0.3, -0.25) is 4.79 Å². The Morgan fingerprint density at radius 1 is 1.33 bits per heavy atom. The van der Waals surface area contributed by atoms with Gasteiger partial charge in [0.1, 0.15) is 0 Å². The van der Waals surface area contributed by atoms with Crippen molar-refractivity contribution >= 4 is 5.97 Å². The number of hydrogen-bond donors (Lipinski definition) is 2. The Hall–Kier alpha value is -1.35. The van der Waals surface area contributed by atoms with Crippen LogP contribution in [0, 0.1) is 5.92 Å². The van der Waals surface area contributed by atoms with Gasteiger partial charge >= 0.3 is 5.97 Å². The molecule has 0 amide bonds. The number of carbonyl (C=O) groups is 1. The third-order valence-electron chi connectivity index (χ3n) is 3.98. The van der Waals surface area contributed by atoms with E-state index < -0.39 is 5.97 Å². The van der Waals surface area contributed by atoms with Crippen molar-refractivity contribution < 1.29 is 9.90 Å². The Bertz CT molecular complexity index is 430. The van der Waals surface area contributed by atoms with Crippen LogP contribution in [0.1, 0.15) is 31.4 Å². The highest BCUT2D eigenvalue weighted by Gasteiger charge is 2.24. The van der Waals surface area contributed by atoms with Crippen molar-refractivity contribution in [2.45, 2.75) is 45.2 Å². The highest BCUT2D eigenvalue weighted by Crippen LogP contribution is 2.21. The predicted molar refractivity (Wildman–Crippen MR) is 71.7 cm³/mol. The molecule has 0 aliphatic heterocycles. The molecule has 0 saturated heterocycles. The van der Waals surface area contributed by atoms with Crippen molar-refractivity contribution in [3.05, 3.63) is 35.4 Å². The van der Waals surface area contributed by atoms with Crippen molar-refractivity contribution in [2.24, 2.45) is 5.92 Å². The Kier molecular flexibility index (Phi) is 4.02. The van der Waals surface area contributed by atoms with Crippen molar-refractivity contribution in [3.63, 3.8) is 0 Å². The number of fused-ring (bicyclic) bond motifs is 1. The van der Waals surface area contributed by atoms with Crippen molar-refractivity contribution in [1.82, 2.24) is 5.32 Å². The van der Waals surface area contributed by atoms with Gasteiger partial charge in [0.15, 0.2) is 0 Å². The van der Waals surface area contributed by atoms with E-state index in [9.17, 15) is 4.79 Å². The fraction of sp³-hybridized carbons (Fsp3) is 0.533. The van der Waals surface area contributed by atoms with Crippen molar-refractivity contribution in [2.75, 3.05) is 0 Å². The lowest BCUT2D eigenvalue weighted by molar-refractivity contribution is -0.142. The van der Waals surface area contributed by atoms with Crippen LogP contribution in [-0.2, 0) is 17.6 Å². The van der Waals surface area contributed by atoms with E-state index in [0.29, 0.717) is 6.04 Å². The fourth-order valence-electron chi connectivity index (χ4n) is 2.57. The third-order valence-corrected chi connectivity index (χ3v) is 3.98. The molecule has 0 aromatic heterocycles. The SMILES string of the molecule is CC(NC1CCc2ccccc2C1)C(C)C(=O)O. The molecule has 3 atom stereocenters. The van der Waals surface area contributed by atoms with Crippen LogP contribution in [0.25, 0.3) is 0 Å². The minimum Gasteiger partial charge on any atom is -0.481 e. The lowest BCUT2D eigenvalue weighted by Gasteiger charge is -2.29.